The molecular weight excluding hydrogens is 240 g/mol. The first-order valence-electron chi connectivity index (χ1n) is 7.58. The van der Waals surface area contributed by atoms with Crippen molar-refractivity contribution in [1.82, 2.24) is 14.7 Å². The lowest BCUT2D eigenvalue weighted by Gasteiger charge is -2.43. The number of hydrogen-bond acceptors (Lipinski definition) is 5. The van der Waals surface area contributed by atoms with Crippen LogP contribution in [0, 0.1) is 0 Å². The van der Waals surface area contributed by atoms with Crippen LogP contribution in [0.5, 0.6) is 0 Å². The van der Waals surface area contributed by atoms with Gasteiger partial charge in [-0.25, -0.2) is 0 Å². The van der Waals surface area contributed by atoms with Crippen molar-refractivity contribution in [2.24, 2.45) is 5.73 Å². The Kier molecular flexibility index (Phi) is 5.59. The van der Waals surface area contributed by atoms with E-state index in [2.05, 4.69) is 35.6 Å². The third-order valence-corrected chi connectivity index (χ3v) is 4.42. The minimum absolute atomic E-state index is 0.341. The third kappa shape index (κ3) is 4.13. The topological polar surface area (TPSA) is 45.0 Å². The largest absolute Gasteiger partial charge is 0.374 e. The molecule has 2 fully saturated rings. The highest BCUT2D eigenvalue weighted by Crippen LogP contribution is 2.14. The second-order valence-electron chi connectivity index (χ2n) is 6.23. The van der Waals surface area contributed by atoms with E-state index in [1.165, 1.54) is 0 Å². The molecule has 2 rings (SSSR count). The number of likely N-dealkylation sites (N-methyl/N-ethyl adjacent to an activating group) is 1. The average molecular weight is 270 g/mol. The van der Waals surface area contributed by atoms with Gasteiger partial charge in [0.15, 0.2) is 0 Å². The van der Waals surface area contributed by atoms with Gasteiger partial charge in [0.05, 0.1) is 12.7 Å². The zero-order valence-electron chi connectivity index (χ0n) is 12.7. The molecule has 0 bridgehead atoms. The molecule has 0 aliphatic carbocycles. The Bertz CT molecular complexity index is 274. The van der Waals surface area contributed by atoms with E-state index in [0.717, 1.165) is 52.4 Å². The summed E-state index contributed by atoms with van der Waals surface area (Å²) in [6, 6.07) is 1.10. The average Bonchev–Trinajstić information content (AvgIpc) is 2.41. The second-order valence-corrected chi connectivity index (χ2v) is 6.23. The van der Waals surface area contributed by atoms with Gasteiger partial charge < -0.3 is 15.4 Å². The van der Waals surface area contributed by atoms with Crippen LogP contribution in [-0.2, 0) is 4.74 Å². The summed E-state index contributed by atoms with van der Waals surface area (Å²) < 4.78 is 5.94. The van der Waals surface area contributed by atoms with Crippen LogP contribution in [0.2, 0.25) is 0 Å². The summed E-state index contributed by atoms with van der Waals surface area (Å²) >= 11 is 0. The molecule has 2 atom stereocenters. The lowest BCUT2D eigenvalue weighted by molar-refractivity contribution is -0.0626. The van der Waals surface area contributed by atoms with Crippen LogP contribution in [0.4, 0.5) is 0 Å². The summed E-state index contributed by atoms with van der Waals surface area (Å²) in [4.78, 5) is 7.41. The summed E-state index contributed by atoms with van der Waals surface area (Å²) in [6.07, 6.45) is 0.341. The Morgan fingerprint density at radius 1 is 1.21 bits per heavy atom. The van der Waals surface area contributed by atoms with Crippen molar-refractivity contribution in [1.29, 1.82) is 0 Å². The van der Waals surface area contributed by atoms with E-state index < -0.39 is 0 Å². The summed E-state index contributed by atoms with van der Waals surface area (Å²) in [5.41, 5.74) is 5.92. The Morgan fingerprint density at radius 2 is 2.00 bits per heavy atom. The molecule has 19 heavy (non-hydrogen) atoms. The number of hydrogen-bond donors (Lipinski definition) is 1. The summed E-state index contributed by atoms with van der Waals surface area (Å²) in [7, 11) is 2.18. The third-order valence-electron chi connectivity index (χ3n) is 4.42. The molecular formula is C14H30N4O. The Hall–Kier alpha value is -0.200. The van der Waals surface area contributed by atoms with Crippen molar-refractivity contribution in [3.63, 3.8) is 0 Å². The molecule has 0 aromatic carbocycles. The fraction of sp³-hybridized carbons (Fsp3) is 1.00. The first-order chi connectivity index (χ1) is 9.10. The zero-order valence-corrected chi connectivity index (χ0v) is 12.7. The molecule has 0 amide bonds. The standard InChI is InChI=1S/C14H30N4O/c1-12(2)17-6-7-19-14(10-17)11-18-5-4-16(3)9-13(18)8-15/h12-14H,4-11,15H2,1-3H3. The molecule has 5 heteroatoms. The Balaban J connectivity index is 1.85. The van der Waals surface area contributed by atoms with Gasteiger partial charge in [-0.2, -0.15) is 0 Å². The second kappa shape index (κ2) is 6.99. The number of nitrogens with zero attached hydrogens (tertiary/aromatic N) is 3. The minimum Gasteiger partial charge on any atom is -0.374 e. The fourth-order valence-corrected chi connectivity index (χ4v) is 3.10. The van der Waals surface area contributed by atoms with Gasteiger partial charge in [0.25, 0.3) is 0 Å². The molecule has 0 saturated carbocycles. The monoisotopic (exact) mass is 270 g/mol. The van der Waals surface area contributed by atoms with Crippen LogP contribution in [0.15, 0.2) is 0 Å². The molecule has 112 valence electrons. The van der Waals surface area contributed by atoms with E-state index in [9.17, 15) is 0 Å². The Morgan fingerprint density at radius 3 is 2.68 bits per heavy atom. The maximum atomic E-state index is 5.94. The SMILES string of the molecule is CC(C)N1CCOC(CN2CCN(C)CC2CN)C1. The highest BCUT2D eigenvalue weighted by Gasteiger charge is 2.29. The molecule has 5 nitrogen and oxygen atoms in total. The summed E-state index contributed by atoms with van der Waals surface area (Å²) in [5.74, 6) is 0. The number of ether oxygens (including phenoxy) is 1. The van der Waals surface area contributed by atoms with Crippen LogP contribution >= 0.6 is 0 Å². The maximum Gasteiger partial charge on any atom is 0.0829 e. The van der Waals surface area contributed by atoms with E-state index in [0.29, 0.717) is 18.2 Å². The van der Waals surface area contributed by atoms with Crippen LogP contribution in [-0.4, -0.2) is 92.4 Å². The maximum absolute atomic E-state index is 5.94. The molecule has 2 saturated heterocycles. The van der Waals surface area contributed by atoms with Gasteiger partial charge in [0.1, 0.15) is 0 Å². The van der Waals surface area contributed by atoms with Gasteiger partial charge >= 0.3 is 0 Å². The Labute approximate surface area is 117 Å². The predicted molar refractivity (Wildman–Crippen MR) is 78.4 cm³/mol. The van der Waals surface area contributed by atoms with E-state index in [-0.39, 0.29) is 0 Å². The minimum atomic E-state index is 0.341. The van der Waals surface area contributed by atoms with Gasteiger partial charge in [0.2, 0.25) is 0 Å². The van der Waals surface area contributed by atoms with Crippen LogP contribution < -0.4 is 5.73 Å². The lowest BCUT2D eigenvalue weighted by Crippen LogP contribution is -2.58. The molecule has 2 N–H and O–H groups in total. The van der Waals surface area contributed by atoms with Gasteiger partial charge in [-0.3, -0.25) is 9.80 Å². The molecule has 0 aromatic heterocycles. The van der Waals surface area contributed by atoms with Crippen molar-refractivity contribution in [3.05, 3.63) is 0 Å². The van der Waals surface area contributed by atoms with E-state index in [1.807, 2.05) is 0 Å². The molecule has 2 unspecified atom stereocenters. The summed E-state index contributed by atoms with van der Waals surface area (Å²) in [5, 5.41) is 0. The molecule has 0 aromatic rings. The molecule has 0 spiro atoms. The van der Waals surface area contributed by atoms with Crippen molar-refractivity contribution in [2.75, 3.05) is 59.5 Å². The van der Waals surface area contributed by atoms with Gasteiger partial charge in [-0.05, 0) is 20.9 Å². The zero-order chi connectivity index (χ0) is 13.8. The van der Waals surface area contributed by atoms with E-state index in [4.69, 9.17) is 10.5 Å². The number of morpholine rings is 1. The predicted octanol–water partition coefficient (Wildman–Crippen LogP) is -0.330. The van der Waals surface area contributed by atoms with Crippen molar-refractivity contribution in [2.45, 2.75) is 32.0 Å². The molecule has 2 aliphatic rings. The van der Waals surface area contributed by atoms with Crippen LogP contribution in [0.3, 0.4) is 0 Å². The quantitative estimate of drug-likeness (QED) is 0.758. The molecule has 2 aliphatic heterocycles. The van der Waals surface area contributed by atoms with Crippen LogP contribution in [0.25, 0.3) is 0 Å². The number of rotatable bonds is 4. The van der Waals surface area contributed by atoms with Gasteiger partial charge in [0, 0.05) is 57.9 Å². The molecule has 2 heterocycles. The van der Waals surface area contributed by atoms with Gasteiger partial charge in [-0.15, -0.1) is 0 Å². The van der Waals surface area contributed by atoms with Crippen molar-refractivity contribution < 1.29 is 4.74 Å². The smallest absolute Gasteiger partial charge is 0.0829 e. The summed E-state index contributed by atoms with van der Waals surface area (Å²) in [6.45, 7) is 12.6. The number of piperazine rings is 1. The van der Waals surface area contributed by atoms with Crippen molar-refractivity contribution >= 4 is 0 Å². The lowest BCUT2D eigenvalue weighted by atomic mass is 10.1. The first kappa shape index (κ1) is 15.2. The highest BCUT2D eigenvalue weighted by molar-refractivity contribution is 4.85. The first-order valence-corrected chi connectivity index (χ1v) is 7.58. The van der Waals surface area contributed by atoms with E-state index >= 15 is 0 Å². The van der Waals surface area contributed by atoms with Gasteiger partial charge in [-0.1, -0.05) is 0 Å². The molecule has 0 radical (unpaired) electrons. The number of nitrogens with two attached hydrogens (primary N) is 1. The van der Waals surface area contributed by atoms with Crippen LogP contribution in [0.1, 0.15) is 13.8 Å². The fourth-order valence-electron chi connectivity index (χ4n) is 3.10. The highest BCUT2D eigenvalue weighted by atomic mass is 16.5. The normalized spacial score (nSPS) is 32.1. The van der Waals surface area contributed by atoms with Crippen molar-refractivity contribution in [3.8, 4) is 0 Å². The van der Waals surface area contributed by atoms with E-state index in [1.54, 1.807) is 0 Å².